The highest BCUT2D eigenvalue weighted by Gasteiger charge is 2.11. The van der Waals surface area contributed by atoms with Gasteiger partial charge in [-0.3, -0.25) is 0 Å². The molecule has 0 amide bonds. The third kappa shape index (κ3) is 2.56. The molecular formula is C16H17N3O. The summed E-state index contributed by atoms with van der Waals surface area (Å²) in [6, 6.07) is 14.7. The molecule has 3 aromatic rings. The maximum absolute atomic E-state index is 5.29. The minimum Gasteiger partial charge on any atom is -0.338 e. The molecule has 0 aliphatic rings. The maximum atomic E-state index is 5.29. The number of benzene rings is 2. The summed E-state index contributed by atoms with van der Waals surface area (Å²) in [5.41, 5.74) is 1.00. The highest BCUT2D eigenvalue weighted by molar-refractivity contribution is 5.94. The van der Waals surface area contributed by atoms with Crippen molar-refractivity contribution in [3.05, 3.63) is 48.4 Å². The molecule has 4 nitrogen and oxygen atoms in total. The largest absolute Gasteiger partial charge is 0.338 e. The SMILES string of the molecule is CC(C)NCc1nc(-c2cccc3ccccc23)no1. The number of nitrogens with zero attached hydrogens (tertiary/aromatic N) is 2. The minimum absolute atomic E-state index is 0.392. The fraction of sp³-hybridized carbons (Fsp3) is 0.250. The summed E-state index contributed by atoms with van der Waals surface area (Å²) in [5.74, 6) is 1.25. The highest BCUT2D eigenvalue weighted by Crippen LogP contribution is 2.26. The molecule has 0 atom stereocenters. The van der Waals surface area contributed by atoms with E-state index in [2.05, 4.69) is 47.5 Å². The molecule has 1 aromatic heterocycles. The van der Waals surface area contributed by atoms with Crippen molar-refractivity contribution >= 4 is 10.8 Å². The molecule has 0 spiro atoms. The molecule has 0 unspecified atom stereocenters. The van der Waals surface area contributed by atoms with Crippen LogP contribution in [0, 0.1) is 0 Å². The molecule has 0 fully saturated rings. The first kappa shape index (κ1) is 12.8. The van der Waals surface area contributed by atoms with Gasteiger partial charge in [0.1, 0.15) is 0 Å². The summed E-state index contributed by atoms with van der Waals surface area (Å²) in [4.78, 5) is 4.46. The Balaban J connectivity index is 1.95. The van der Waals surface area contributed by atoms with Gasteiger partial charge in [-0.2, -0.15) is 4.98 Å². The van der Waals surface area contributed by atoms with Gasteiger partial charge in [-0.05, 0) is 10.8 Å². The van der Waals surface area contributed by atoms with Crippen molar-refractivity contribution < 1.29 is 4.52 Å². The Morgan fingerprint density at radius 3 is 2.75 bits per heavy atom. The smallest absolute Gasteiger partial charge is 0.240 e. The molecule has 1 heterocycles. The molecule has 1 N–H and O–H groups in total. The highest BCUT2D eigenvalue weighted by atomic mass is 16.5. The van der Waals surface area contributed by atoms with Crippen molar-refractivity contribution in [2.75, 3.05) is 0 Å². The topological polar surface area (TPSA) is 51.0 Å². The molecular weight excluding hydrogens is 250 g/mol. The quantitative estimate of drug-likeness (QED) is 0.787. The van der Waals surface area contributed by atoms with Crippen LogP contribution < -0.4 is 5.32 Å². The van der Waals surface area contributed by atoms with Gasteiger partial charge in [0.25, 0.3) is 0 Å². The molecule has 0 aliphatic heterocycles. The van der Waals surface area contributed by atoms with Crippen LogP contribution in [0.25, 0.3) is 22.2 Å². The van der Waals surface area contributed by atoms with E-state index < -0.39 is 0 Å². The first-order chi connectivity index (χ1) is 9.74. The van der Waals surface area contributed by atoms with Gasteiger partial charge in [0.15, 0.2) is 0 Å². The Kier molecular flexibility index (Phi) is 3.48. The van der Waals surface area contributed by atoms with Crippen molar-refractivity contribution in [1.29, 1.82) is 0 Å². The van der Waals surface area contributed by atoms with Gasteiger partial charge in [0.05, 0.1) is 6.54 Å². The van der Waals surface area contributed by atoms with Crippen molar-refractivity contribution in [3.8, 4) is 11.4 Å². The first-order valence-corrected chi connectivity index (χ1v) is 6.78. The van der Waals surface area contributed by atoms with Crippen molar-refractivity contribution in [2.24, 2.45) is 0 Å². The summed E-state index contributed by atoms with van der Waals surface area (Å²) in [6.07, 6.45) is 0. The number of nitrogens with one attached hydrogen (secondary N) is 1. The lowest BCUT2D eigenvalue weighted by molar-refractivity contribution is 0.362. The van der Waals surface area contributed by atoms with Crippen molar-refractivity contribution in [2.45, 2.75) is 26.4 Å². The number of rotatable bonds is 4. The Morgan fingerprint density at radius 1 is 1.10 bits per heavy atom. The van der Waals surface area contributed by atoms with Gasteiger partial charge in [-0.15, -0.1) is 0 Å². The Hall–Kier alpha value is -2.20. The number of aromatic nitrogens is 2. The number of fused-ring (bicyclic) bond motifs is 1. The Bertz CT molecular complexity index is 713. The lowest BCUT2D eigenvalue weighted by atomic mass is 10.0. The van der Waals surface area contributed by atoms with E-state index in [9.17, 15) is 0 Å². The summed E-state index contributed by atoms with van der Waals surface area (Å²) in [7, 11) is 0. The molecule has 0 radical (unpaired) electrons. The fourth-order valence-electron chi connectivity index (χ4n) is 2.15. The summed E-state index contributed by atoms with van der Waals surface area (Å²) in [6.45, 7) is 4.76. The molecule has 0 saturated heterocycles. The van der Waals surface area contributed by atoms with E-state index in [0.29, 0.717) is 24.3 Å². The van der Waals surface area contributed by atoms with E-state index in [1.165, 1.54) is 5.39 Å². The van der Waals surface area contributed by atoms with Gasteiger partial charge < -0.3 is 9.84 Å². The number of hydrogen-bond acceptors (Lipinski definition) is 4. The van der Waals surface area contributed by atoms with Crippen LogP contribution in [0.4, 0.5) is 0 Å². The van der Waals surface area contributed by atoms with Crippen LogP contribution in [0.15, 0.2) is 47.0 Å². The van der Waals surface area contributed by atoms with Crippen LogP contribution in [0.2, 0.25) is 0 Å². The Morgan fingerprint density at radius 2 is 1.90 bits per heavy atom. The zero-order valence-electron chi connectivity index (χ0n) is 11.6. The molecule has 0 saturated carbocycles. The zero-order valence-corrected chi connectivity index (χ0v) is 11.6. The molecule has 0 aliphatic carbocycles. The third-order valence-corrected chi connectivity index (χ3v) is 3.16. The second-order valence-corrected chi connectivity index (χ2v) is 5.07. The molecule has 4 heteroatoms. The molecule has 3 rings (SSSR count). The van der Waals surface area contributed by atoms with Crippen LogP contribution >= 0.6 is 0 Å². The maximum Gasteiger partial charge on any atom is 0.240 e. The lowest BCUT2D eigenvalue weighted by Gasteiger charge is -2.03. The van der Waals surface area contributed by atoms with Crippen LogP contribution in [-0.4, -0.2) is 16.2 Å². The zero-order chi connectivity index (χ0) is 13.9. The second kappa shape index (κ2) is 5.43. The molecule has 2 aromatic carbocycles. The van der Waals surface area contributed by atoms with Crippen molar-refractivity contribution in [3.63, 3.8) is 0 Å². The molecule has 20 heavy (non-hydrogen) atoms. The van der Waals surface area contributed by atoms with E-state index >= 15 is 0 Å². The Labute approximate surface area is 117 Å². The number of hydrogen-bond donors (Lipinski definition) is 1. The predicted octanol–water partition coefficient (Wildman–Crippen LogP) is 3.39. The predicted molar refractivity (Wildman–Crippen MR) is 79.2 cm³/mol. The monoisotopic (exact) mass is 267 g/mol. The van der Waals surface area contributed by atoms with E-state index in [-0.39, 0.29) is 0 Å². The first-order valence-electron chi connectivity index (χ1n) is 6.78. The van der Waals surface area contributed by atoms with E-state index in [4.69, 9.17) is 4.52 Å². The van der Waals surface area contributed by atoms with Gasteiger partial charge in [-0.1, -0.05) is 61.5 Å². The van der Waals surface area contributed by atoms with Crippen molar-refractivity contribution in [1.82, 2.24) is 15.5 Å². The van der Waals surface area contributed by atoms with Crippen LogP contribution in [0.3, 0.4) is 0 Å². The van der Waals surface area contributed by atoms with Crippen LogP contribution in [-0.2, 0) is 6.54 Å². The normalized spacial score (nSPS) is 11.3. The molecule has 102 valence electrons. The van der Waals surface area contributed by atoms with E-state index in [1.54, 1.807) is 0 Å². The summed E-state index contributed by atoms with van der Waals surface area (Å²) in [5, 5.41) is 9.67. The standard InChI is InChI=1S/C16H17N3O/c1-11(2)17-10-15-18-16(19-20-15)14-9-5-7-12-6-3-4-8-13(12)14/h3-9,11,17H,10H2,1-2H3. The fourth-order valence-corrected chi connectivity index (χ4v) is 2.15. The average molecular weight is 267 g/mol. The van der Waals surface area contributed by atoms with Gasteiger partial charge in [0, 0.05) is 11.6 Å². The average Bonchev–Trinajstić information content (AvgIpc) is 2.93. The summed E-state index contributed by atoms with van der Waals surface area (Å²) < 4.78 is 5.29. The lowest BCUT2D eigenvalue weighted by Crippen LogP contribution is -2.21. The van der Waals surface area contributed by atoms with E-state index in [0.717, 1.165) is 10.9 Å². The van der Waals surface area contributed by atoms with Gasteiger partial charge >= 0.3 is 0 Å². The molecule has 0 bridgehead atoms. The van der Waals surface area contributed by atoms with Crippen LogP contribution in [0.5, 0.6) is 0 Å². The third-order valence-electron chi connectivity index (χ3n) is 3.16. The van der Waals surface area contributed by atoms with Gasteiger partial charge in [-0.25, -0.2) is 0 Å². The van der Waals surface area contributed by atoms with Gasteiger partial charge in [0.2, 0.25) is 11.7 Å². The minimum atomic E-state index is 0.392. The van der Waals surface area contributed by atoms with Crippen LogP contribution in [0.1, 0.15) is 19.7 Å². The summed E-state index contributed by atoms with van der Waals surface area (Å²) >= 11 is 0. The van der Waals surface area contributed by atoms with E-state index in [1.807, 2.05) is 24.3 Å². The second-order valence-electron chi connectivity index (χ2n) is 5.07.